The lowest BCUT2D eigenvalue weighted by Gasteiger charge is -2.33. The number of nitro benzene ring substituents is 1. The Morgan fingerprint density at radius 1 is 1.48 bits per heavy atom. The number of hydrogen-bond donors (Lipinski definition) is 1. The number of hydrogen-bond acceptors (Lipinski definition) is 4. The average molecular weight is 291 g/mol. The summed E-state index contributed by atoms with van der Waals surface area (Å²) in [6.45, 7) is 5.36. The standard InChI is InChI=1S/C15H21N3O3/c1-3-8-16-13-5-4-9-17(15(13)19)14-7-6-12(18(20)21)10-11(14)2/h6-7,10,13,16H,3-5,8-9H2,1-2H3. The first-order chi connectivity index (χ1) is 10.0. The van der Waals surface area contributed by atoms with E-state index < -0.39 is 4.92 Å². The van der Waals surface area contributed by atoms with E-state index >= 15 is 0 Å². The van der Waals surface area contributed by atoms with Gasteiger partial charge in [-0.15, -0.1) is 0 Å². The minimum absolute atomic E-state index is 0.0568. The van der Waals surface area contributed by atoms with Crippen molar-refractivity contribution < 1.29 is 9.72 Å². The van der Waals surface area contributed by atoms with Crippen molar-refractivity contribution in [1.82, 2.24) is 5.32 Å². The van der Waals surface area contributed by atoms with Gasteiger partial charge in [0.25, 0.3) is 5.69 Å². The van der Waals surface area contributed by atoms with Gasteiger partial charge in [0.15, 0.2) is 0 Å². The summed E-state index contributed by atoms with van der Waals surface area (Å²) in [7, 11) is 0. The topological polar surface area (TPSA) is 75.5 Å². The molecule has 0 aromatic heterocycles. The quantitative estimate of drug-likeness (QED) is 0.667. The van der Waals surface area contributed by atoms with Gasteiger partial charge in [-0.1, -0.05) is 6.92 Å². The zero-order valence-electron chi connectivity index (χ0n) is 12.5. The van der Waals surface area contributed by atoms with Gasteiger partial charge in [0, 0.05) is 24.4 Å². The summed E-state index contributed by atoms with van der Waals surface area (Å²) in [5, 5.41) is 14.1. The summed E-state index contributed by atoms with van der Waals surface area (Å²) < 4.78 is 0. The van der Waals surface area contributed by atoms with Crippen LogP contribution in [0.15, 0.2) is 18.2 Å². The summed E-state index contributed by atoms with van der Waals surface area (Å²) in [5.41, 5.74) is 1.59. The Morgan fingerprint density at radius 3 is 2.86 bits per heavy atom. The molecule has 1 amide bonds. The van der Waals surface area contributed by atoms with E-state index in [0.29, 0.717) is 6.54 Å². The number of benzene rings is 1. The number of non-ortho nitro benzene ring substituents is 1. The van der Waals surface area contributed by atoms with Crippen LogP contribution >= 0.6 is 0 Å². The van der Waals surface area contributed by atoms with Crippen LogP contribution in [-0.4, -0.2) is 30.0 Å². The third-order valence-electron chi connectivity index (χ3n) is 3.76. The van der Waals surface area contributed by atoms with Gasteiger partial charge in [-0.2, -0.15) is 0 Å². The molecule has 21 heavy (non-hydrogen) atoms. The number of piperidine rings is 1. The number of carbonyl (C=O) groups is 1. The SMILES string of the molecule is CCCNC1CCCN(c2ccc([N+](=O)[O-])cc2C)C1=O. The Morgan fingerprint density at radius 2 is 2.24 bits per heavy atom. The van der Waals surface area contributed by atoms with Crippen LogP contribution in [0.1, 0.15) is 31.7 Å². The fraction of sp³-hybridized carbons (Fsp3) is 0.533. The molecular formula is C15H21N3O3. The molecule has 0 saturated carbocycles. The smallest absolute Gasteiger partial charge is 0.269 e. The molecule has 1 unspecified atom stereocenters. The second-order valence-electron chi connectivity index (χ2n) is 5.37. The maximum Gasteiger partial charge on any atom is 0.269 e. The Labute approximate surface area is 124 Å². The van der Waals surface area contributed by atoms with Gasteiger partial charge >= 0.3 is 0 Å². The lowest BCUT2D eigenvalue weighted by Crippen LogP contribution is -2.51. The van der Waals surface area contributed by atoms with Crippen molar-refractivity contribution in [3.8, 4) is 0 Å². The van der Waals surface area contributed by atoms with Gasteiger partial charge < -0.3 is 10.2 Å². The highest BCUT2D eigenvalue weighted by Gasteiger charge is 2.30. The van der Waals surface area contributed by atoms with Crippen LogP contribution < -0.4 is 10.2 Å². The number of carbonyl (C=O) groups excluding carboxylic acids is 1. The van der Waals surface area contributed by atoms with Crippen molar-refractivity contribution in [1.29, 1.82) is 0 Å². The minimum Gasteiger partial charge on any atom is -0.311 e. The monoisotopic (exact) mass is 291 g/mol. The Bertz CT molecular complexity index is 545. The molecular weight excluding hydrogens is 270 g/mol. The fourth-order valence-corrected chi connectivity index (χ4v) is 2.68. The molecule has 1 aromatic rings. The normalized spacial score (nSPS) is 18.9. The fourth-order valence-electron chi connectivity index (χ4n) is 2.68. The predicted octanol–water partition coefficient (Wildman–Crippen LogP) is 2.40. The molecule has 2 rings (SSSR count). The maximum atomic E-state index is 12.5. The van der Waals surface area contributed by atoms with Crippen molar-refractivity contribution in [2.24, 2.45) is 0 Å². The summed E-state index contributed by atoms with van der Waals surface area (Å²) in [6.07, 6.45) is 2.77. The van der Waals surface area contributed by atoms with E-state index in [-0.39, 0.29) is 17.6 Å². The zero-order valence-corrected chi connectivity index (χ0v) is 12.5. The Hall–Kier alpha value is -1.95. The van der Waals surface area contributed by atoms with E-state index in [2.05, 4.69) is 12.2 Å². The Kier molecular flexibility index (Phi) is 4.90. The van der Waals surface area contributed by atoms with E-state index in [1.165, 1.54) is 12.1 Å². The first-order valence-electron chi connectivity index (χ1n) is 7.34. The lowest BCUT2D eigenvalue weighted by atomic mass is 10.0. The van der Waals surface area contributed by atoms with Crippen molar-refractivity contribution in [2.45, 2.75) is 39.2 Å². The van der Waals surface area contributed by atoms with Crippen molar-refractivity contribution in [3.63, 3.8) is 0 Å². The number of nitrogens with one attached hydrogen (secondary N) is 1. The minimum atomic E-state index is -0.416. The predicted molar refractivity (Wildman–Crippen MR) is 81.5 cm³/mol. The van der Waals surface area contributed by atoms with Crippen LogP contribution in [-0.2, 0) is 4.79 Å². The molecule has 1 aromatic carbocycles. The second-order valence-corrected chi connectivity index (χ2v) is 5.37. The highest BCUT2D eigenvalue weighted by Crippen LogP contribution is 2.27. The van der Waals surface area contributed by atoms with E-state index in [9.17, 15) is 14.9 Å². The summed E-state index contributed by atoms with van der Waals surface area (Å²) in [4.78, 5) is 24.7. The first kappa shape index (κ1) is 15.4. The molecule has 1 aliphatic heterocycles. The molecule has 114 valence electrons. The molecule has 1 heterocycles. The molecule has 0 radical (unpaired) electrons. The summed E-state index contributed by atoms with van der Waals surface area (Å²) in [6, 6.07) is 4.51. The third kappa shape index (κ3) is 3.39. The van der Waals surface area contributed by atoms with Crippen molar-refractivity contribution in [3.05, 3.63) is 33.9 Å². The Balaban J connectivity index is 2.20. The van der Waals surface area contributed by atoms with Crippen LogP contribution in [0.5, 0.6) is 0 Å². The van der Waals surface area contributed by atoms with E-state index in [4.69, 9.17) is 0 Å². The zero-order chi connectivity index (χ0) is 15.4. The second kappa shape index (κ2) is 6.67. The highest BCUT2D eigenvalue weighted by molar-refractivity contribution is 5.98. The molecule has 6 nitrogen and oxygen atoms in total. The lowest BCUT2D eigenvalue weighted by molar-refractivity contribution is -0.384. The number of rotatable bonds is 5. The van der Waals surface area contributed by atoms with Crippen LogP contribution in [0.2, 0.25) is 0 Å². The van der Waals surface area contributed by atoms with Crippen LogP contribution in [0, 0.1) is 17.0 Å². The molecule has 6 heteroatoms. The molecule has 0 spiro atoms. The van der Waals surface area contributed by atoms with Gasteiger partial charge in [0.2, 0.25) is 5.91 Å². The molecule has 1 N–H and O–H groups in total. The van der Waals surface area contributed by atoms with Crippen LogP contribution in [0.3, 0.4) is 0 Å². The van der Waals surface area contributed by atoms with Crippen molar-refractivity contribution >= 4 is 17.3 Å². The average Bonchev–Trinajstić information content (AvgIpc) is 2.46. The molecule has 1 fully saturated rings. The van der Waals surface area contributed by atoms with Gasteiger partial charge in [0.05, 0.1) is 11.0 Å². The molecule has 1 atom stereocenters. The number of aryl methyl sites for hydroxylation is 1. The number of nitro groups is 1. The largest absolute Gasteiger partial charge is 0.311 e. The summed E-state index contributed by atoms with van der Waals surface area (Å²) in [5.74, 6) is 0.0617. The molecule has 1 aliphatic rings. The van der Waals surface area contributed by atoms with Gasteiger partial charge in [-0.25, -0.2) is 0 Å². The molecule has 1 saturated heterocycles. The first-order valence-corrected chi connectivity index (χ1v) is 7.34. The van der Waals surface area contributed by atoms with E-state index in [1.807, 2.05) is 0 Å². The summed E-state index contributed by atoms with van der Waals surface area (Å²) >= 11 is 0. The van der Waals surface area contributed by atoms with E-state index in [0.717, 1.165) is 37.1 Å². The maximum absolute atomic E-state index is 12.5. The van der Waals surface area contributed by atoms with Crippen molar-refractivity contribution in [2.75, 3.05) is 18.0 Å². The molecule has 0 aliphatic carbocycles. The van der Waals surface area contributed by atoms with Gasteiger partial charge in [-0.3, -0.25) is 14.9 Å². The van der Waals surface area contributed by atoms with Gasteiger partial charge in [-0.05, 0) is 44.4 Å². The number of nitrogens with zero attached hydrogens (tertiary/aromatic N) is 2. The highest BCUT2D eigenvalue weighted by atomic mass is 16.6. The number of anilines is 1. The third-order valence-corrected chi connectivity index (χ3v) is 3.76. The van der Waals surface area contributed by atoms with E-state index in [1.54, 1.807) is 17.9 Å². The van der Waals surface area contributed by atoms with Crippen LogP contribution in [0.4, 0.5) is 11.4 Å². The van der Waals surface area contributed by atoms with Gasteiger partial charge in [0.1, 0.15) is 0 Å². The number of amides is 1. The van der Waals surface area contributed by atoms with Crippen LogP contribution in [0.25, 0.3) is 0 Å². The molecule has 0 bridgehead atoms.